The van der Waals surface area contributed by atoms with Gasteiger partial charge in [0.1, 0.15) is 18.1 Å². The first kappa shape index (κ1) is 35.1. The van der Waals surface area contributed by atoms with Gasteiger partial charge in [-0.15, -0.1) is 0 Å². The summed E-state index contributed by atoms with van der Waals surface area (Å²) in [5, 5.41) is 43.0. The van der Waals surface area contributed by atoms with Crippen molar-refractivity contribution in [1.29, 1.82) is 0 Å². The van der Waals surface area contributed by atoms with Crippen LogP contribution in [0.15, 0.2) is 77.0 Å². The van der Waals surface area contributed by atoms with E-state index in [0.29, 0.717) is 61.8 Å². The number of aliphatic hydroxyl groups excluding tert-OH is 1. The lowest BCUT2D eigenvalue weighted by Gasteiger charge is -2.65. The van der Waals surface area contributed by atoms with Gasteiger partial charge in [-0.2, -0.15) is 5.10 Å². The molecule has 0 radical (unpaired) electrons. The number of fused-ring (bicyclic) bond motifs is 5. The predicted octanol–water partition coefficient (Wildman–Crippen LogP) is 4.28. The van der Waals surface area contributed by atoms with Gasteiger partial charge in [-0.3, -0.25) is 9.59 Å². The van der Waals surface area contributed by atoms with E-state index in [2.05, 4.69) is 22.8 Å². The minimum atomic E-state index is -1.29. The first-order valence-electron chi connectivity index (χ1n) is 18.0. The quantitative estimate of drug-likeness (QED) is 0.118. The monoisotopic (exact) mass is 697 g/mol. The molecule has 51 heavy (non-hydrogen) atoms. The molecular formula is C40H47N3O8. The van der Waals surface area contributed by atoms with E-state index in [1.807, 2.05) is 0 Å². The number of hydrogen-bond acceptors (Lipinski definition) is 9. The lowest BCUT2D eigenvalue weighted by molar-refractivity contribution is -0.237. The summed E-state index contributed by atoms with van der Waals surface area (Å²) in [6.45, 7) is 2.40. The molecule has 0 bridgehead atoms. The second kappa shape index (κ2) is 13.3. The van der Waals surface area contributed by atoms with E-state index in [1.54, 1.807) is 80.1 Å². The SMILES string of the molecule is COc1ccc(/C=C(\NC(=O)c2ccccc2)C(=O)N/N=C\[C@]23CC[C@@H](O)C[C@]2(O)CC[C@@H]2[C@@H]3CC[C@]3(C)[C@H](C4=CC(=O)OC4)CC[C@@]23O)cc1. The van der Waals surface area contributed by atoms with Crippen molar-refractivity contribution in [3.63, 3.8) is 0 Å². The lowest BCUT2D eigenvalue weighted by atomic mass is 9.41. The van der Waals surface area contributed by atoms with E-state index in [9.17, 15) is 29.7 Å². The van der Waals surface area contributed by atoms with Crippen molar-refractivity contribution in [1.82, 2.24) is 10.7 Å². The first-order chi connectivity index (χ1) is 24.4. The average Bonchev–Trinajstić information content (AvgIpc) is 3.67. The van der Waals surface area contributed by atoms with Crippen molar-refractivity contribution < 1.29 is 39.2 Å². The number of hydrogen-bond donors (Lipinski definition) is 5. The van der Waals surface area contributed by atoms with Gasteiger partial charge in [-0.1, -0.05) is 37.3 Å². The fourth-order valence-corrected chi connectivity index (χ4v) is 10.4. The van der Waals surface area contributed by atoms with Crippen LogP contribution in [0.25, 0.3) is 6.08 Å². The maximum absolute atomic E-state index is 13.8. The minimum absolute atomic E-state index is 0.0230. The molecule has 2 amide bonds. The number of cyclic esters (lactones) is 1. The lowest BCUT2D eigenvalue weighted by Crippen LogP contribution is -2.68. The Morgan fingerprint density at radius 2 is 1.71 bits per heavy atom. The molecule has 2 aromatic carbocycles. The minimum Gasteiger partial charge on any atom is -0.497 e. The first-order valence-corrected chi connectivity index (χ1v) is 18.0. The summed E-state index contributed by atoms with van der Waals surface area (Å²) in [5.74, 6) is -1.10. The molecule has 11 nitrogen and oxygen atoms in total. The number of nitrogens with one attached hydrogen (secondary N) is 2. The van der Waals surface area contributed by atoms with E-state index >= 15 is 0 Å². The Hall–Kier alpha value is -4.32. The van der Waals surface area contributed by atoms with Gasteiger partial charge in [0.2, 0.25) is 0 Å². The molecule has 4 saturated carbocycles. The zero-order chi connectivity index (χ0) is 36.0. The molecule has 0 saturated heterocycles. The van der Waals surface area contributed by atoms with E-state index in [-0.39, 0.29) is 42.4 Å². The molecule has 1 aliphatic heterocycles. The number of carbonyl (C=O) groups is 3. The third kappa shape index (κ3) is 5.98. The number of methoxy groups -OCH3 is 1. The maximum Gasteiger partial charge on any atom is 0.331 e. The number of benzene rings is 2. The number of esters is 1. The Morgan fingerprint density at radius 1 is 0.961 bits per heavy atom. The average molecular weight is 698 g/mol. The summed E-state index contributed by atoms with van der Waals surface area (Å²) in [4.78, 5) is 38.9. The fraction of sp³-hybridized carbons (Fsp3) is 0.500. The number of carbonyl (C=O) groups excluding carboxylic acids is 3. The van der Waals surface area contributed by atoms with Gasteiger partial charge < -0.3 is 30.1 Å². The third-order valence-electron chi connectivity index (χ3n) is 13.1. The van der Waals surface area contributed by atoms with Crippen molar-refractivity contribution in [3.05, 3.63) is 83.1 Å². The number of amides is 2. The number of rotatable bonds is 8. The largest absolute Gasteiger partial charge is 0.497 e. The molecule has 4 fully saturated rings. The van der Waals surface area contributed by atoms with Crippen LogP contribution in [-0.2, 0) is 14.3 Å². The van der Waals surface area contributed by atoms with Gasteiger partial charge in [0, 0.05) is 35.1 Å². The van der Waals surface area contributed by atoms with Gasteiger partial charge in [-0.05, 0) is 111 Å². The normalized spacial score (nSPS) is 36.0. The Labute approximate surface area is 297 Å². The summed E-state index contributed by atoms with van der Waals surface area (Å²) in [5.41, 5.74) is 0.863. The Morgan fingerprint density at radius 3 is 2.41 bits per heavy atom. The predicted molar refractivity (Wildman–Crippen MR) is 189 cm³/mol. The summed E-state index contributed by atoms with van der Waals surface area (Å²) >= 11 is 0. The van der Waals surface area contributed by atoms with Crippen molar-refractivity contribution >= 4 is 30.1 Å². The van der Waals surface area contributed by atoms with Gasteiger partial charge >= 0.3 is 5.97 Å². The van der Waals surface area contributed by atoms with Crippen LogP contribution in [0.1, 0.15) is 80.6 Å². The number of nitrogens with zero attached hydrogens (tertiary/aromatic N) is 1. The van der Waals surface area contributed by atoms with Crippen LogP contribution >= 0.6 is 0 Å². The van der Waals surface area contributed by atoms with E-state index in [4.69, 9.17) is 9.47 Å². The van der Waals surface area contributed by atoms with E-state index in [0.717, 1.165) is 12.0 Å². The van der Waals surface area contributed by atoms with Crippen LogP contribution in [0.5, 0.6) is 5.75 Å². The summed E-state index contributed by atoms with van der Waals surface area (Å²) in [7, 11) is 1.56. The zero-order valence-electron chi connectivity index (χ0n) is 29.1. The highest BCUT2D eigenvalue weighted by molar-refractivity contribution is 6.05. The smallest absolute Gasteiger partial charge is 0.331 e. The molecule has 5 N–H and O–H groups in total. The Bertz CT molecular complexity index is 1780. The van der Waals surface area contributed by atoms with Gasteiger partial charge in [0.05, 0.1) is 24.4 Å². The molecule has 0 aromatic heterocycles. The highest BCUT2D eigenvalue weighted by Crippen LogP contribution is 2.70. The molecule has 4 aliphatic carbocycles. The Balaban J connectivity index is 1.18. The molecule has 5 aliphatic rings. The van der Waals surface area contributed by atoms with Crippen LogP contribution in [0.2, 0.25) is 0 Å². The van der Waals surface area contributed by atoms with Gasteiger partial charge in [0.15, 0.2) is 0 Å². The summed E-state index contributed by atoms with van der Waals surface area (Å²) in [6, 6.07) is 15.6. The molecule has 2 aromatic rings. The maximum atomic E-state index is 13.8. The van der Waals surface area contributed by atoms with Crippen LogP contribution in [0.4, 0.5) is 0 Å². The molecule has 0 unspecified atom stereocenters. The number of hydrazone groups is 1. The van der Waals surface area contributed by atoms with Crippen molar-refractivity contribution in [2.75, 3.05) is 13.7 Å². The van der Waals surface area contributed by atoms with Gasteiger partial charge in [-0.25, -0.2) is 10.2 Å². The number of aliphatic hydroxyl groups is 3. The number of ether oxygens (including phenoxy) is 2. The van der Waals surface area contributed by atoms with Crippen LogP contribution in [0, 0.1) is 28.6 Å². The van der Waals surface area contributed by atoms with Crippen molar-refractivity contribution in [2.24, 2.45) is 33.7 Å². The van der Waals surface area contributed by atoms with Crippen LogP contribution in [0.3, 0.4) is 0 Å². The molecule has 8 atom stereocenters. The zero-order valence-corrected chi connectivity index (χ0v) is 29.1. The van der Waals surface area contributed by atoms with Crippen LogP contribution < -0.4 is 15.5 Å². The molecular weight excluding hydrogens is 650 g/mol. The summed E-state index contributed by atoms with van der Waals surface area (Å²) < 4.78 is 10.5. The van der Waals surface area contributed by atoms with Crippen LogP contribution in [-0.4, -0.2) is 70.3 Å². The topological polar surface area (TPSA) is 167 Å². The Kier molecular flexibility index (Phi) is 9.18. The third-order valence-corrected chi connectivity index (χ3v) is 13.1. The fourth-order valence-electron chi connectivity index (χ4n) is 10.4. The van der Waals surface area contributed by atoms with Gasteiger partial charge in [0.25, 0.3) is 11.8 Å². The molecule has 1 heterocycles. The van der Waals surface area contributed by atoms with E-state index in [1.165, 1.54) is 0 Å². The van der Waals surface area contributed by atoms with Crippen molar-refractivity contribution in [3.8, 4) is 5.75 Å². The molecule has 270 valence electrons. The second-order valence-electron chi connectivity index (χ2n) is 15.4. The standard InChI is InChI=1S/C40H47N3O8/c1-37-16-13-31-32(40(37,49)19-15-30(37)27-21-34(45)51-23-27)14-18-39(48)22-28(44)12-17-38(31,39)24-41-43-36(47)33(20-25-8-10-29(50-2)11-9-25)42-35(46)26-6-4-3-5-7-26/h3-11,20-21,24,28,30-32,44,48-49H,12-19,22-23H2,1-2H3,(H,42,46)(H,43,47)/b33-20-,41-24-/t28-,30+,31+,32-,37-,38+,39-,40-/m1/s1. The second-order valence-corrected chi connectivity index (χ2v) is 15.4. The van der Waals surface area contributed by atoms with E-state index < -0.39 is 40.0 Å². The highest BCUT2D eigenvalue weighted by Gasteiger charge is 2.71. The van der Waals surface area contributed by atoms with Crippen molar-refractivity contribution in [2.45, 2.75) is 82.0 Å². The highest BCUT2D eigenvalue weighted by atomic mass is 16.5. The molecule has 11 heteroatoms. The summed E-state index contributed by atoms with van der Waals surface area (Å²) in [6.07, 6.45) is 8.86. The molecule has 7 rings (SSSR count). The molecule has 0 spiro atoms.